The van der Waals surface area contributed by atoms with Gasteiger partial charge in [-0.2, -0.15) is 5.10 Å². The van der Waals surface area contributed by atoms with E-state index < -0.39 is 0 Å². The molecule has 3 saturated heterocycles. The molecule has 0 spiro atoms. The number of likely N-dealkylation sites (tertiary alicyclic amines) is 1. The van der Waals surface area contributed by atoms with E-state index in [2.05, 4.69) is 46.2 Å². The number of nitrogens with zero attached hydrogens (tertiary/aromatic N) is 4. The van der Waals surface area contributed by atoms with Crippen molar-refractivity contribution in [2.45, 2.75) is 58.1 Å². The molecule has 5 rings (SSSR count). The second kappa shape index (κ2) is 9.03. The number of carbonyl (C=O) groups is 1. The minimum Gasteiger partial charge on any atom is -0.371 e. The summed E-state index contributed by atoms with van der Waals surface area (Å²) in [4.78, 5) is 16.5. The highest BCUT2D eigenvalue weighted by Crippen LogP contribution is 2.31. The lowest BCUT2D eigenvalue weighted by Gasteiger charge is -2.36. The van der Waals surface area contributed by atoms with Crippen molar-refractivity contribution in [1.29, 1.82) is 0 Å². The minimum atomic E-state index is 0.0834. The summed E-state index contributed by atoms with van der Waals surface area (Å²) in [5.74, 6) is 0.998. The molecule has 0 aliphatic carbocycles. The number of aromatic nitrogens is 2. The summed E-state index contributed by atoms with van der Waals surface area (Å²) in [5, 5.41) is 4.57. The fourth-order valence-corrected chi connectivity index (χ4v) is 5.33. The fraction of sp³-hybridized carbons (Fsp3) is 0.600. The van der Waals surface area contributed by atoms with E-state index in [4.69, 9.17) is 4.74 Å². The molecule has 31 heavy (non-hydrogen) atoms. The molecule has 0 radical (unpaired) electrons. The fourth-order valence-electron chi connectivity index (χ4n) is 5.33. The Balaban J connectivity index is 1.21. The Labute approximate surface area is 185 Å². The summed E-state index contributed by atoms with van der Waals surface area (Å²) in [6.45, 7) is 7.11. The van der Waals surface area contributed by atoms with Gasteiger partial charge in [0.25, 0.3) is 0 Å². The average molecular weight is 423 g/mol. The van der Waals surface area contributed by atoms with Gasteiger partial charge in [-0.1, -0.05) is 6.07 Å². The number of piperidine rings is 1. The Hall–Kier alpha value is -2.34. The predicted octanol–water partition coefficient (Wildman–Crippen LogP) is 4.40. The first kappa shape index (κ1) is 20.6. The Morgan fingerprint density at radius 2 is 1.94 bits per heavy atom. The summed E-state index contributed by atoms with van der Waals surface area (Å²) >= 11 is 0. The van der Waals surface area contributed by atoms with E-state index in [9.17, 15) is 4.79 Å². The molecule has 166 valence electrons. The van der Waals surface area contributed by atoms with Gasteiger partial charge in [0.2, 0.25) is 5.91 Å². The van der Waals surface area contributed by atoms with Crippen LogP contribution in [0.25, 0.3) is 11.1 Å². The van der Waals surface area contributed by atoms with Crippen LogP contribution in [0.5, 0.6) is 0 Å². The van der Waals surface area contributed by atoms with Gasteiger partial charge in [-0.05, 0) is 74.6 Å². The number of hydrogen-bond donors (Lipinski definition) is 0. The molecule has 6 nitrogen and oxygen atoms in total. The molecular formula is C25H34N4O2. The van der Waals surface area contributed by atoms with Gasteiger partial charge in [-0.3, -0.25) is 4.79 Å². The Bertz CT molecular complexity index is 910. The highest BCUT2D eigenvalue weighted by Gasteiger charge is 2.27. The Morgan fingerprint density at radius 3 is 2.65 bits per heavy atom. The highest BCUT2D eigenvalue weighted by molar-refractivity contribution is 5.78. The first-order chi connectivity index (χ1) is 15.2. The smallest absolute Gasteiger partial charge is 0.222 e. The van der Waals surface area contributed by atoms with Crippen LogP contribution in [0.4, 0.5) is 5.69 Å². The van der Waals surface area contributed by atoms with Crippen molar-refractivity contribution >= 4 is 11.6 Å². The van der Waals surface area contributed by atoms with Crippen LogP contribution in [0.15, 0.2) is 30.6 Å². The lowest BCUT2D eigenvalue weighted by atomic mass is 9.95. The Morgan fingerprint density at radius 1 is 1.06 bits per heavy atom. The van der Waals surface area contributed by atoms with E-state index in [1.54, 1.807) is 0 Å². The number of carbonyl (C=O) groups excluding carboxylic acids is 1. The van der Waals surface area contributed by atoms with Gasteiger partial charge < -0.3 is 14.5 Å². The van der Waals surface area contributed by atoms with Crippen LogP contribution >= 0.6 is 0 Å². The minimum absolute atomic E-state index is 0.0834. The number of aryl methyl sites for hydroxylation is 1. The van der Waals surface area contributed by atoms with Crippen LogP contribution in [-0.4, -0.2) is 53.4 Å². The maximum Gasteiger partial charge on any atom is 0.222 e. The topological polar surface area (TPSA) is 50.6 Å². The molecule has 0 saturated carbocycles. The van der Waals surface area contributed by atoms with Crippen LogP contribution in [0.1, 0.15) is 56.7 Å². The SMILES string of the molecule is Cc1cc(-c2cnn(C3CCCCO3)c2)ccc1N1CCC(CN2CCCC2=O)CC1. The van der Waals surface area contributed by atoms with Gasteiger partial charge in [0.1, 0.15) is 6.23 Å². The molecule has 1 atom stereocenters. The summed E-state index contributed by atoms with van der Waals surface area (Å²) in [6, 6.07) is 6.78. The normalized spacial score (nSPS) is 23.0. The lowest BCUT2D eigenvalue weighted by molar-refractivity contribution is -0.128. The third kappa shape index (κ3) is 4.49. The average Bonchev–Trinajstić information content (AvgIpc) is 3.45. The molecule has 2 aromatic rings. The molecule has 4 heterocycles. The highest BCUT2D eigenvalue weighted by atomic mass is 16.5. The third-order valence-corrected chi connectivity index (χ3v) is 7.19. The van der Waals surface area contributed by atoms with Crippen molar-refractivity contribution in [3.63, 3.8) is 0 Å². The van der Waals surface area contributed by atoms with Gasteiger partial charge >= 0.3 is 0 Å². The molecular weight excluding hydrogens is 388 g/mol. The molecule has 0 bridgehead atoms. The van der Waals surface area contributed by atoms with Crippen LogP contribution < -0.4 is 4.90 Å². The molecule has 0 N–H and O–H groups in total. The molecule has 3 aliphatic rings. The lowest BCUT2D eigenvalue weighted by Crippen LogP contribution is -2.39. The Kier molecular flexibility index (Phi) is 5.99. The second-order valence-corrected chi connectivity index (χ2v) is 9.41. The van der Waals surface area contributed by atoms with E-state index >= 15 is 0 Å². The van der Waals surface area contributed by atoms with Gasteiger partial charge in [-0.25, -0.2) is 4.68 Å². The van der Waals surface area contributed by atoms with Crippen LogP contribution in [0.3, 0.4) is 0 Å². The zero-order valence-electron chi connectivity index (χ0n) is 18.6. The quantitative estimate of drug-likeness (QED) is 0.717. The van der Waals surface area contributed by atoms with E-state index in [1.165, 1.54) is 36.1 Å². The number of benzene rings is 1. The van der Waals surface area contributed by atoms with Crippen molar-refractivity contribution in [3.8, 4) is 11.1 Å². The summed E-state index contributed by atoms with van der Waals surface area (Å²) in [7, 11) is 0. The zero-order valence-corrected chi connectivity index (χ0v) is 18.6. The third-order valence-electron chi connectivity index (χ3n) is 7.19. The monoisotopic (exact) mass is 422 g/mol. The maximum absolute atomic E-state index is 11.9. The largest absolute Gasteiger partial charge is 0.371 e. The van der Waals surface area contributed by atoms with Crippen molar-refractivity contribution in [1.82, 2.24) is 14.7 Å². The van der Waals surface area contributed by atoms with Gasteiger partial charge in [0.05, 0.1) is 6.20 Å². The second-order valence-electron chi connectivity index (χ2n) is 9.41. The number of amides is 1. The first-order valence-electron chi connectivity index (χ1n) is 12.0. The van der Waals surface area contributed by atoms with Crippen LogP contribution in [-0.2, 0) is 9.53 Å². The van der Waals surface area contributed by atoms with Crippen molar-refractivity contribution < 1.29 is 9.53 Å². The van der Waals surface area contributed by atoms with Crippen molar-refractivity contribution in [2.24, 2.45) is 5.92 Å². The van der Waals surface area contributed by atoms with Gasteiger partial charge in [-0.15, -0.1) is 0 Å². The molecule has 1 aromatic heterocycles. The molecule has 1 unspecified atom stereocenters. The number of hydrogen-bond acceptors (Lipinski definition) is 4. The van der Waals surface area contributed by atoms with Crippen molar-refractivity contribution in [2.75, 3.05) is 37.7 Å². The number of anilines is 1. The van der Waals surface area contributed by atoms with E-state index in [-0.39, 0.29) is 6.23 Å². The van der Waals surface area contributed by atoms with Gasteiger partial charge in [0, 0.05) is 56.7 Å². The number of ether oxygens (including phenoxy) is 1. The molecule has 1 aromatic carbocycles. The van der Waals surface area contributed by atoms with E-state index in [0.29, 0.717) is 11.8 Å². The number of rotatable bonds is 5. The molecule has 3 aliphatic heterocycles. The van der Waals surface area contributed by atoms with Gasteiger partial charge in [0.15, 0.2) is 0 Å². The molecule has 3 fully saturated rings. The predicted molar refractivity (Wildman–Crippen MR) is 122 cm³/mol. The van der Waals surface area contributed by atoms with E-state index in [0.717, 1.165) is 64.0 Å². The first-order valence-corrected chi connectivity index (χ1v) is 12.0. The summed E-state index contributed by atoms with van der Waals surface area (Å²) in [5.41, 5.74) is 5.01. The molecule has 6 heteroatoms. The van der Waals surface area contributed by atoms with Crippen LogP contribution in [0.2, 0.25) is 0 Å². The maximum atomic E-state index is 11.9. The summed E-state index contributed by atoms with van der Waals surface area (Å²) < 4.78 is 7.84. The van der Waals surface area contributed by atoms with Crippen molar-refractivity contribution in [3.05, 3.63) is 36.2 Å². The standard InChI is InChI=1S/C25H34N4O2/c1-19-15-21(22-16-26-29(18-22)25-6-2-3-14-31-25)7-8-23(19)27-12-9-20(10-13-27)17-28-11-4-5-24(28)30/h7-8,15-16,18,20,25H,2-6,9-14,17H2,1H3. The van der Waals surface area contributed by atoms with E-state index in [1.807, 2.05) is 10.9 Å². The molecule has 1 amide bonds. The zero-order chi connectivity index (χ0) is 21.2. The summed E-state index contributed by atoms with van der Waals surface area (Å²) in [6.07, 6.45) is 11.7. The van der Waals surface area contributed by atoms with Crippen LogP contribution in [0, 0.1) is 12.8 Å².